The van der Waals surface area contributed by atoms with E-state index in [1.165, 1.54) is 12.3 Å². The Morgan fingerprint density at radius 1 is 1.22 bits per heavy atom. The maximum atomic E-state index is 12.1. The zero-order chi connectivity index (χ0) is 16.4. The molecule has 0 spiro atoms. The molecule has 0 unspecified atom stereocenters. The summed E-state index contributed by atoms with van der Waals surface area (Å²) in [6, 6.07) is 8.45. The average molecular weight is 310 g/mol. The van der Waals surface area contributed by atoms with Crippen molar-refractivity contribution in [2.24, 2.45) is 0 Å². The summed E-state index contributed by atoms with van der Waals surface area (Å²) in [7, 11) is 0. The third kappa shape index (κ3) is 3.34. The SMILES string of the molecule is Cc1cc(=O)[nH]c(-c2cccc(NC(=O)c3coc(C)n3)c2)n1. The van der Waals surface area contributed by atoms with Crippen LogP contribution in [0.4, 0.5) is 5.69 Å². The number of anilines is 1. The molecule has 2 N–H and O–H groups in total. The van der Waals surface area contributed by atoms with Gasteiger partial charge in [0.1, 0.15) is 12.1 Å². The van der Waals surface area contributed by atoms with Gasteiger partial charge in [0.25, 0.3) is 11.5 Å². The molecule has 0 atom stereocenters. The molecule has 3 aromatic rings. The number of aromatic nitrogens is 3. The fourth-order valence-electron chi connectivity index (χ4n) is 2.12. The molecule has 1 amide bonds. The lowest BCUT2D eigenvalue weighted by Gasteiger charge is -2.06. The van der Waals surface area contributed by atoms with Gasteiger partial charge in [-0.05, 0) is 19.1 Å². The number of benzene rings is 1. The number of hydrogen-bond donors (Lipinski definition) is 2. The molecule has 7 heteroatoms. The molecule has 0 aliphatic rings. The first kappa shape index (κ1) is 14.7. The van der Waals surface area contributed by atoms with Crippen LogP contribution in [-0.4, -0.2) is 20.9 Å². The molecule has 0 aliphatic carbocycles. The van der Waals surface area contributed by atoms with Gasteiger partial charge in [0.05, 0.1) is 0 Å². The fourth-order valence-corrected chi connectivity index (χ4v) is 2.12. The molecular weight excluding hydrogens is 296 g/mol. The van der Waals surface area contributed by atoms with Gasteiger partial charge in [0, 0.05) is 29.9 Å². The highest BCUT2D eigenvalue weighted by molar-refractivity contribution is 6.02. The van der Waals surface area contributed by atoms with Gasteiger partial charge < -0.3 is 14.7 Å². The van der Waals surface area contributed by atoms with Crippen LogP contribution >= 0.6 is 0 Å². The molecule has 0 saturated carbocycles. The lowest BCUT2D eigenvalue weighted by Crippen LogP contribution is -2.12. The predicted molar refractivity (Wildman–Crippen MR) is 84.2 cm³/mol. The first-order chi connectivity index (χ1) is 11.0. The highest BCUT2D eigenvalue weighted by Crippen LogP contribution is 2.19. The van der Waals surface area contributed by atoms with Crippen molar-refractivity contribution in [2.75, 3.05) is 5.32 Å². The first-order valence-corrected chi connectivity index (χ1v) is 6.93. The normalized spacial score (nSPS) is 10.5. The van der Waals surface area contributed by atoms with Crippen LogP contribution in [0.1, 0.15) is 22.1 Å². The van der Waals surface area contributed by atoms with Crippen molar-refractivity contribution in [1.82, 2.24) is 15.0 Å². The van der Waals surface area contributed by atoms with Gasteiger partial charge in [-0.3, -0.25) is 9.59 Å². The Hall–Kier alpha value is -3.22. The van der Waals surface area contributed by atoms with Gasteiger partial charge in [-0.2, -0.15) is 0 Å². The molecule has 0 saturated heterocycles. The Labute approximate surface area is 131 Å². The summed E-state index contributed by atoms with van der Waals surface area (Å²) in [4.78, 5) is 34.6. The van der Waals surface area contributed by atoms with Crippen LogP contribution in [0.5, 0.6) is 0 Å². The van der Waals surface area contributed by atoms with Crippen LogP contribution < -0.4 is 10.9 Å². The molecule has 0 bridgehead atoms. The van der Waals surface area contributed by atoms with Crippen LogP contribution in [0, 0.1) is 13.8 Å². The van der Waals surface area contributed by atoms with Crippen molar-refractivity contribution in [3.05, 3.63) is 64.2 Å². The number of amides is 1. The lowest BCUT2D eigenvalue weighted by molar-refractivity contribution is 0.102. The molecule has 0 radical (unpaired) electrons. The summed E-state index contributed by atoms with van der Waals surface area (Å²) in [6.45, 7) is 3.41. The molecule has 2 heterocycles. The van der Waals surface area contributed by atoms with E-state index in [1.807, 2.05) is 0 Å². The Balaban J connectivity index is 1.88. The number of nitrogens with one attached hydrogen (secondary N) is 2. The van der Waals surface area contributed by atoms with E-state index < -0.39 is 0 Å². The molecule has 23 heavy (non-hydrogen) atoms. The summed E-state index contributed by atoms with van der Waals surface area (Å²) in [5.74, 6) is 0.499. The zero-order valence-corrected chi connectivity index (χ0v) is 12.6. The standard InChI is InChI=1S/C16H14N4O3/c1-9-6-14(21)20-15(17-9)11-4-3-5-12(7-11)19-16(22)13-8-23-10(2)18-13/h3-8H,1-2H3,(H,19,22)(H,17,20,21). The van der Waals surface area contributed by atoms with E-state index in [1.54, 1.807) is 38.1 Å². The minimum Gasteiger partial charge on any atom is -0.448 e. The van der Waals surface area contributed by atoms with E-state index in [0.29, 0.717) is 28.7 Å². The van der Waals surface area contributed by atoms with Crippen molar-refractivity contribution in [2.45, 2.75) is 13.8 Å². The predicted octanol–water partition coefficient (Wildman–Crippen LogP) is 2.29. The number of carbonyl (C=O) groups is 1. The van der Waals surface area contributed by atoms with Gasteiger partial charge in [0.2, 0.25) is 0 Å². The first-order valence-electron chi connectivity index (χ1n) is 6.93. The Bertz CT molecular complexity index is 927. The summed E-state index contributed by atoms with van der Waals surface area (Å²) in [6.07, 6.45) is 1.30. The summed E-state index contributed by atoms with van der Waals surface area (Å²) < 4.78 is 5.02. The van der Waals surface area contributed by atoms with Crippen LogP contribution in [0.25, 0.3) is 11.4 Å². The highest BCUT2D eigenvalue weighted by Gasteiger charge is 2.11. The van der Waals surface area contributed by atoms with Gasteiger partial charge >= 0.3 is 0 Å². The van der Waals surface area contributed by atoms with Gasteiger partial charge in [-0.15, -0.1) is 0 Å². The molecule has 7 nitrogen and oxygen atoms in total. The minimum absolute atomic E-state index is 0.204. The Kier molecular flexibility index (Phi) is 3.76. The average Bonchev–Trinajstić information content (AvgIpc) is 2.93. The monoisotopic (exact) mass is 310 g/mol. The number of rotatable bonds is 3. The number of aromatic amines is 1. The maximum Gasteiger partial charge on any atom is 0.277 e. The van der Waals surface area contributed by atoms with Crippen molar-refractivity contribution in [1.29, 1.82) is 0 Å². The third-order valence-electron chi connectivity index (χ3n) is 3.12. The Morgan fingerprint density at radius 2 is 2.04 bits per heavy atom. The molecule has 3 rings (SSSR count). The summed E-state index contributed by atoms with van der Waals surface area (Å²) >= 11 is 0. The van der Waals surface area contributed by atoms with Gasteiger partial charge in [-0.1, -0.05) is 12.1 Å². The topological polar surface area (TPSA) is 101 Å². The second kappa shape index (κ2) is 5.88. The fraction of sp³-hybridized carbons (Fsp3) is 0.125. The van der Waals surface area contributed by atoms with Gasteiger partial charge in [-0.25, -0.2) is 9.97 Å². The Morgan fingerprint density at radius 3 is 2.74 bits per heavy atom. The van der Waals surface area contributed by atoms with Crippen LogP contribution in [0.3, 0.4) is 0 Å². The second-order valence-electron chi connectivity index (χ2n) is 5.02. The van der Waals surface area contributed by atoms with E-state index in [-0.39, 0.29) is 17.2 Å². The molecule has 1 aromatic carbocycles. The van der Waals surface area contributed by atoms with E-state index >= 15 is 0 Å². The molecular formula is C16H14N4O3. The quantitative estimate of drug-likeness (QED) is 0.773. The van der Waals surface area contributed by atoms with Crippen molar-refractivity contribution >= 4 is 11.6 Å². The van der Waals surface area contributed by atoms with E-state index in [9.17, 15) is 9.59 Å². The third-order valence-corrected chi connectivity index (χ3v) is 3.12. The number of aryl methyl sites for hydroxylation is 2. The van der Waals surface area contributed by atoms with Gasteiger partial charge in [0.15, 0.2) is 11.6 Å². The van der Waals surface area contributed by atoms with Crippen molar-refractivity contribution < 1.29 is 9.21 Å². The second-order valence-corrected chi connectivity index (χ2v) is 5.02. The largest absolute Gasteiger partial charge is 0.448 e. The molecule has 116 valence electrons. The molecule has 2 aromatic heterocycles. The zero-order valence-electron chi connectivity index (χ0n) is 12.6. The molecule has 0 aliphatic heterocycles. The number of H-pyrrole nitrogens is 1. The maximum absolute atomic E-state index is 12.1. The van der Waals surface area contributed by atoms with Crippen LogP contribution in [0.15, 0.2) is 45.8 Å². The number of carbonyl (C=O) groups excluding carboxylic acids is 1. The smallest absolute Gasteiger partial charge is 0.277 e. The minimum atomic E-state index is -0.371. The summed E-state index contributed by atoms with van der Waals surface area (Å²) in [5, 5.41) is 2.73. The lowest BCUT2D eigenvalue weighted by atomic mass is 10.2. The van der Waals surface area contributed by atoms with E-state index in [0.717, 1.165) is 0 Å². The van der Waals surface area contributed by atoms with Crippen LogP contribution in [0.2, 0.25) is 0 Å². The van der Waals surface area contributed by atoms with Crippen LogP contribution in [-0.2, 0) is 0 Å². The van der Waals surface area contributed by atoms with E-state index in [4.69, 9.17) is 4.42 Å². The van der Waals surface area contributed by atoms with Crippen molar-refractivity contribution in [3.8, 4) is 11.4 Å². The number of hydrogen-bond acceptors (Lipinski definition) is 5. The molecule has 0 fully saturated rings. The number of oxazole rings is 1. The highest BCUT2D eigenvalue weighted by atomic mass is 16.3. The van der Waals surface area contributed by atoms with E-state index in [2.05, 4.69) is 20.3 Å². The summed E-state index contributed by atoms with van der Waals surface area (Å²) in [5.41, 5.74) is 1.86. The number of nitrogens with zero attached hydrogens (tertiary/aromatic N) is 2. The van der Waals surface area contributed by atoms with Crippen molar-refractivity contribution in [3.63, 3.8) is 0 Å².